The minimum Gasteiger partial charge on any atom is -0.479 e. The fourth-order valence-corrected chi connectivity index (χ4v) is 3.31. The van der Waals surface area contributed by atoms with Gasteiger partial charge in [-0.05, 0) is 23.6 Å². The van der Waals surface area contributed by atoms with E-state index in [2.05, 4.69) is 10.3 Å². The van der Waals surface area contributed by atoms with E-state index in [1.807, 2.05) is 0 Å². The van der Waals surface area contributed by atoms with Crippen LogP contribution in [0.25, 0.3) is 10.9 Å². The number of carbonyl (C=O) groups excluding carboxylic acids is 1. The number of aromatic amines is 1. The van der Waals surface area contributed by atoms with Gasteiger partial charge in [-0.15, -0.1) is 0 Å². The average molecular weight is 395 g/mol. The van der Waals surface area contributed by atoms with Crippen LogP contribution in [-0.4, -0.2) is 26.5 Å². The molecule has 8 nitrogen and oxygen atoms in total. The van der Waals surface area contributed by atoms with E-state index >= 15 is 0 Å². The number of carbonyl (C=O) groups is 2. The third-order valence-corrected chi connectivity index (χ3v) is 4.68. The monoisotopic (exact) mass is 395 g/mol. The van der Waals surface area contributed by atoms with Crippen LogP contribution in [0.2, 0.25) is 0 Å². The van der Waals surface area contributed by atoms with Crippen LogP contribution in [0.15, 0.2) is 64.2 Å². The second kappa shape index (κ2) is 8.14. The number of para-hydroxylation sites is 1. The maximum atomic E-state index is 13.0. The third-order valence-electron chi connectivity index (χ3n) is 4.68. The molecule has 8 heteroatoms. The van der Waals surface area contributed by atoms with Crippen molar-refractivity contribution in [3.05, 3.63) is 81.0 Å². The maximum Gasteiger partial charge on any atom is 0.330 e. The van der Waals surface area contributed by atoms with E-state index in [-0.39, 0.29) is 5.39 Å². The standard InChI is InChI=1S/C21H21N3O5/c1-12(2)17(18(25)23-16(20(27)28)13-8-4-3-5-9-13)24-19(26)14-10-6-7-11-15(14)22-21(24)29/h3-12,16-17H,1-2H3,(H,22,29)(H,23,25)(H,27,28)/t16-,17+/m0/s1. The summed E-state index contributed by atoms with van der Waals surface area (Å²) in [5.41, 5.74) is -0.580. The molecule has 0 fully saturated rings. The molecule has 2 aromatic carbocycles. The second-order valence-electron chi connectivity index (χ2n) is 7.03. The van der Waals surface area contributed by atoms with Gasteiger partial charge in [-0.2, -0.15) is 0 Å². The Morgan fingerprint density at radius 1 is 1.00 bits per heavy atom. The summed E-state index contributed by atoms with van der Waals surface area (Å²) in [7, 11) is 0. The van der Waals surface area contributed by atoms with Crippen molar-refractivity contribution >= 4 is 22.8 Å². The van der Waals surface area contributed by atoms with Gasteiger partial charge in [-0.25, -0.2) is 14.2 Å². The van der Waals surface area contributed by atoms with Crippen LogP contribution in [0.4, 0.5) is 0 Å². The fraction of sp³-hybridized carbons (Fsp3) is 0.238. The number of aliphatic carboxylic acids is 1. The Balaban J connectivity index is 2.06. The van der Waals surface area contributed by atoms with Gasteiger partial charge in [0.25, 0.3) is 5.56 Å². The topological polar surface area (TPSA) is 121 Å². The highest BCUT2D eigenvalue weighted by Crippen LogP contribution is 2.19. The van der Waals surface area contributed by atoms with Gasteiger partial charge in [0.05, 0.1) is 10.9 Å². The number of carboxylic acids is 1. The second-order valence-corrected chi connectivity index (χ2v) is 7.03. The quantitative estimate of drug-likeness (QED) is 0.588. The number of aromatic nitrogens is 2. The lowest BCUT2D eigenvalue weighted by Crippen LogP contribution is -2.48. The van der Waals surface area contributed by atoms with Crippen molar-refractivity contribution in [2.75, 3.05) is 0 Å². The number of hydrogen-bond donors (Lipinski definition) is 3. The van der Waals surface area contributed by atoms with Gasteiger partial charge >= 0.3 is 11.7 Å². The molecule has 0 spiro atoms. The highest BCUT2D eigenvalue weighted by Gasteiger charge is 2.31. The first-order valence-electron chi connectivity index (χ1n) is 9.13. The fourth-order valence-electron chi connectivity index (χ4n) is 3.31. The van der Waals surface area contributed by atoms with Gasteiger partial charge in [0, 0.05) is 0 Å². The molecule has 0 saturated carbocycles. The Kier molecular flexibility index (Phi) is 5.63. The minimum absolute atomic E-state index is 0.267. The van der Waals surface area contributed by atoms with Crippen LogP contribution in [-0.2, 0) is 9.59 Å². The number of H-pyrrole nitrogens is 1. The number of nitrogens with one attached hydrogen (secondary N) is 2. The summed E-state index contributed by atoms with van der Waals surface area (Å²) in [5.74, 6) is -2.41. The largest absolute Gasteiger partial charge is 0.479 e. The molecular weight excluding hydrogens is 374 g/mol. The lowest BCUT2D eigenvalue weighted by Gasteiger charge is -2.24. The van der Waals surface area contributed by atoms with Gasteiger partial charge in [0.15, 0.2) is 6.04 Å². The number of amides is 1. The molecular formula is C21H21N3O5. The van der Waals surface area contributed by atoms with Gasteiger partial charge in [-0.1, -0.05) is 56.3 Å². The predicted molar refractivity (Wildman–Crippen MR) is 108 cm³/mol. The Bertz CT molecular complexity index is 1160. The SMILES string of the molecule is CC(C)[C@H](C(=O)N[C@H](C(=O)O)c1ccccc1)n1c(=O)[nH]c2ccccc2c1=O. The van der Waals surface area contributed by atoms with Crippen molar-refractivity contribution in [1.82, 2.24) is 14.9 Å². The highest BCUT2D eigenvalue weighted by atomic mass is 16.4. The van der Waals surface area contributed by atoms with E-state index in [9.17, 15) is 24.3 Å². The third kappa shape index (κ3) is 3.96. The molecule has 3 rings (SSSR count). The summed E-state index contributed by atoms with van der Waals surface area (Å²) in [5, 5.41) is 12.3. The first-order valence-corrected chi connectivity index (χ1v) is 9.13. The minimum atomic E-state index is -1.31. The number of nitrogens with zero attached hydrogens (tertiary/aromatic N) is 1. The van der Waals surface area contributed by atoms with Crippen molar-refractivity contribution in [1.29, 1.82) is 0 Å². The molecule has 3 N–H and O–H groups in total. The molecule has 3 aromatic rings. The summed E-state index contributed by atoms with van der Waals surface area (Å²) in [4.78, 5) is 52.9. The average Bonchev–Trinajstić information content (AvgIpc) is 2.69. The smallest absolute Gasteiger partial charge is 0.330 e. The van der Waals surface area contributed by atoms with Crippen LogP contribution >= 0.6 is 0 Å². The Morgan fingerprint density at radius 3 is 2.24 bits per heavy atom. The zero-order valence-corrected chi connectivity index (χ0v) is 16.0. The molecule has 0 unspecified atom stereocenters. The first-order chi connectivity index (χ1) is 13.8. The molecule has 0 aliphatic carbocycles. The summed E-state index contributed by atoms with van der Waals surface area (Å²) >= 11 is 0. The van der Waals surface area contributed by atoms with Gasteiger partial charge in [0.2, 0.25) is 5.91 Å². The number of rotatable bonds is 6. The molecule has 0 bridgehead atoms. The van der Waals surface area contributed by atoms with Crippen molar-refractivity contribution in [2.24, 2.45) is 5.92 Å². The van der Waals surface area contributed by atoms with E-state index in [1.54, 1.807) is 68.4 Å². The summed E-state index contributed by atoms with van der Waals surface area (Å²) in [6.07, 6.45) is 0. The number of hydrogen-bond acceptors (Lipinski definition) is 4. The van der Waals surface area contributed by atoms with Crippen molar-refractivity contribution in [3.63, 3.8) is 0 Å². The summed E-state index contributed by atoms with van der Waals surface area (Å²) in [6, 6.07) is 12.2. The molecule has 0 aliphatic heterocycles. The van der Waals surface area contributed by atoms with E-state index in [4.69, 9.17) is 0 Å². The van der Waals surface area contributed by atoms with Gasteiger partial charge < -0.3 is 15.4 Å². The van der Waals surface area contributed by atoms with Crippen LogP contribution in [0.3, 0.4) is 0 Å². The van der Waals surface area contributed by atoms with Crippen molar-refractivity contribution in [3.8, 4) is 0 Å². The zero-order chi connectivity index (χ0) is 21.1. The molecule has 0 saturated heterocycles. The first kappa shape index (κ1) is 20.1. The Labute approximate surface area is 165 Å². The van der Waals surface area contributed by atoms with Crippen molar-refractivity contribution in [2.45, 2.75) is 25.9 Å². The highest BCUT2D eigenvalue weighted by molar-refractivity contribution is 5.87. The Morgan fingerprint density at radius 2 is 1.62 bits per heavy atom. The summed E-state index contributed by atoms with van der Waals surface area (Å²) in [6.45, 7) is 3.37. The maximum absolute atomic E-state index is 13.0. The molecule has 150 valence electrons. The molecule has 0 aliphatic rings. The normalized spacial score (nSPS) is 13.2. The van der Waals surface area contributed by atoms with Gasteiger partial charge in [0.1, 0.15) is 6.04 Å². The molecule has 1 aromatic heterocycles. The van der Waals surface area contributed by atoms with Crippen LogP contribution in [0.1, 0.15) is 31.5 Å². The number of benzene rings is 2. The molecule has 1 amide bonds. The summed E-state index contributed by atoms with van der Waals surface area (Å²) < 4.78 is 0.853. The lowest BCUT2D eigenvalue weighted by molar-refractivity contribution is -0.142. The molecule has 29 heavy (non-hydrogen) atoms. The van der Waals surface area contributed by atoms with E-state index in [1.165, 1.54) is 0 Å². The van der Waals surface area contributed by atoms with E-state index in [0.29, 0.717) is 11.1 Å². The lowest BCUT2D eigenvalue weighted by atomic mass is 10.0. The zero-order valence-electron chi connectivity index (χ0n) is 16.0. The van der Waals surface area contributed by atoms with E-state index < -0.39 is 41.1 Å². The number of fused-ring (bicyclic) bond motifs is 1. The molecule has 0 radical (unpaired) electrons. The Hall–Kier alpha value is -3.68. The van der Waals surface area contributed by atoms with Crippen LogP contribution in [0.5, 0.6) is 0 Å². The van der Waals surface area contributed by atoms with Crippen LogP contribution < -0.4 is 16.6 Å². The van der Waals surface area contributed by atoms with Crippen LogP contribution in [0, 0.1) is 5.92 Å². The van der Waals surface area contributed by atoms with Crippen molar-refractivity contribution < 1.29 is 14.7 Å². The molecule has 1 heterocycles. The predicted octanol–water partition coefficient (Wildman–Crippen LogP) is 1.83. The molecule has 2 atom stereocenters. The number of carboxylic acid groups (broad SMARTS) is 1. The van der Waals surface area contributed by atoms with E-state index in [0.717, 1.165) is 4.57 Å². The van der Waals surface area contributed by atoms with Gasteiger partial charge in [-0.3, -0.25) is 9.59 Å².